The molecule has 2 N–H and O–H groups in total. The number of nitrogens with two attached hydrogens (primary N) is 1. The second kappa shape index (κ2) is 7.79. The highest BCUT2D eigenvalue weighted by Crippen LogP contribution is 2.50. The van der Waals surface area contributed by atoms with E-state index in [2.05, 4.69) is 17.1 Å². The molecule has 1 aliphatic heterocycles. The van der Waals surface area contributed by atoms with Crippen LogP contribution in [0.5, 0.6) is 0 Å². The largest absolute Gasteiger partial charge is 0.369 e. The molecule has 3 heterocycles. The number of carbonyl (C=O) groups is 1. The number of nitrogens with zero attached hydrogens (tertiary/aromatic N) is 5. The number of benzene rings is 1. The molecule has 5 rings (SSSR count). The van der Waals surface area contributed by atoms with Crippen LogP contribution in [0.4, 0.5) is 0 Å². The first-order valence-electron chi connectivity index (χ1n) is 10.9. The molecule has 2 aromatic heterocycles. The molecule has 7 nitrogen and oxygen atoms in total. The van der Waals surface area contributed by atoms with Gasteiger partial charge >= 0.3 is 0 Å². The van der Waals surface area contributed by atoms with Gasteiger partial charge < -0.3 is 5.73 Å². The molecule has 1 unspecified atom stereocenters. The molecule has 1 amide bonds. The molecule has 1 aromatic carbocycles. The Morgan fingerprint density at radius 2 is 1.88 bits per heavy atom. The standard InChI is InChI=1S/C26H22N6OS/c1-25(21-10-19(14-34-21)18-9-16(11-27)12-30-13-18)22(23(33)32(2)24(29)31-25)17-3-5-20(6-4-17)26(15-28)7-8-26/h3-6,9-10,12-14,22H,7-8H2,1-2H3,(H2,29,31)/t22?,25-/m1/s1. The second-order valence-electron chi connectivity index (χ2n) is 9.04. The maximum absolute atomic E-state index is 13.5. The Morgan fingerprint density at radius 3 is 2.53 bits per heavy atom. The van der Waals surface area contributed by atoms with Crippen molar-refractivity contribution < 1.29 is 4.79 Å². The Kier molecular flexibility index (Phi) is 5.00. The van der Waals surface area contributed by atoms with Crippen LogP contribution in [0.3, 0.4) is 0 Å². The lowest BCUT2D eigenvalue weighted by Gasteiger charge is -2.40. The topological polar surface area (TPSA) is 119 Å². The van der Waals surface area contributed by atoms with Gasteiger partial charge in [0, 0.05) is 29.9 Å². The zero-order valence-electron chi connectivity index (χ0n) is 18.8. The van der Waals surface area contributed by atoms with Gasteiger partial charge in [0.15, 0.2) is 5.96 Å². The fraction of sp³-hybridized carbons (Fsp3) is 0.269. The first-order chi connectivity index (χ1) is 16.3. The average molecular weight is 467 g/mol. The summed E-state index contributed by atoms with van der Waals surface area (Å²) in [4.78, 5) is 24.8. The Morgan fingerprint density at radius 1 is 1.15 bits per heavy atom. The van der Waals surface area contributed by atoms with Crippen LogP contribution in [0.25, 0.3) is 11.1 Å². The van der Waals surface area contributed by atoms with Crippen molar-refractivity contribution in [1.29, 1.82) is 10.5 Å². The van der Waals surface area contributed by atoms with Crippen LogP contribution in [-0.4, -0.2) is 28.8 Å². The summed E-state index contributed by atoms with van der Waals surface area (Å²) in [6, 6.07) is 16.1. The van der Waals surface area contributed by atoms with E-state index in [1.54, 1.807) is 19.3 Å². The van der Waals surface area contributed by atoms with E-state index < -0.39 is 11.5 Å². The van der Waals surface area contributed by atoms with Gasteiger partial charge in [0.2, 0.25) is 5.91 Å². The number of aliphatic imine (C=N–C) groups is 1. The van der Waals surface area contributed by atoms with E-state index in [1.807, 2.05) is 42.6 Å². The van der Waals surface area contributed by atoms with Crippen molar-refractivity contribution in [2.24, 2.45) is 10.7 Å². The van der Waals surface area contributed by atoms with E-state index in [-0.39, 0.29) is 17.3 Å². The van der Waals surface area contributed by atoms with Crippen molar-refractivity contribution in [3.8, 4) is 23.3 Å². The minimum atomic E-state index is -0.912. The molecule has 34 heavy (non-hydrogen) atoms. The summed E-state index contributed by atoms with van der Waals surface area (Å²) in [7, 11) is 1.63. The van der Waals surface area contributed by atoms with Crippen LogP contribution < -0.4 is 5.73 Å². The van der Waals surface area contributed by atoms with Crippen LogP contribution in [0.2, 0.25) is 0 Å². The number of thiophene rings is 1. The van der Waals surface area contributed by atoms with Crippen molar-refractivity contribution in [2.45, 2.75) is 36.6 Å². The molecule has 2 aliphatic rings. The fourth-order valence-corrected chi connectivity index (χ4v) is 5.64. The molecule has 1 aliphatic carbocycles. The van der Waals surface area contributed by atoms with Gasteiger partial charge in [-0.1, -0.05) is 24.3 Å². The molecule has 1 saturated carbocycles. The number of rotatable bonds is 4. The van der Waals surface area contributed by atoms with E-state index in [1.165, 1.54) is 22.4 Å². The maximum atomic E-state index is 13.5. The van der Waals surface area contributed by atoms with Gasteiger partial charge in [0.05, 0.1) is 23.0 Å². The number of amides is 1. The number of carbonyl (C=O) groups excluding carboxylic acids is 1. The van der Waals surface area contributed by atoms with E-state index in [0.717, 1.165) is 40.0 Å². The highest BCUT2D eigenvalue weighted by atomic mass is 32.1. The number of guanidine groups is 1. The van der Waals surface area contributed by atoms with Crippen LogP contribution in [0.15, 0.2) is 59.2 Å². The third-order valence-corrected chi connectivity index (χ3v) is 8.05. The zero-order chi connectivity index (χ0) is 24.1. The van der Waals surface area contributed by atoms with Crippen molar-refractivity contribution in [2.75, 3.05) is 7.05 Å². The molecule has 2 atom stereocenters. The van der Waals surface area contributed by atoms with Crippen LogP contribution in [-0.2, 0) is 15.7 Å². The van der Waals surface area contributed by atoms with Gasteiger partial charge in [-0.2, -0.15) is 10.5 Å². The van der Waals surface area contributed by atoms with E-state index in [9.17, 15) is 15.3 Å². The third-order valence-electron chi connectivity index (χ3n) is 6.89. The SMILES string of the molecule is CN1C(=O)C(c2ccc(C3(C#N)CC3)cc2)[C@@](C)(c2cc(-c3cncc(C#N)c3)cs2)N=C1N. The first kappa shape index (κ1) is 21.8. The van der Waals surface area contributed by atoms with Crippen molar-refractivity contribution in [3.63, 3.8) is 0 Å². The minimum Gasteiger partial charge on any atom is -0.369 e. The summed E-state index contributed by atoms with van der Waals surface area (Å²) in [5.74, 6) is -0.539. The molecule has 1 fully saturated rings. The Labute approximate surface area is 201 Å². The molecule has 0 radical (unpaired) electrons. The first-order valence-corrected chi connectivity index (χ1v) is 11.8. The Hall–Kier alpha value is -4.01. The Bertz CT molecular complexity index is 1410. The lowest BCUT2D eigenvalue weighted by molar-refractivity contribution is -0.130. The summed E-state index contributed by atoms with van der Waals surface area (Å²) in [6.07, 6.45) is 4.97. The average Bonchev–Trinajstić information content (AvgIpc) is 3.49. The summed E-state index contributed by atoms with van der Waals surface area (Å²) >= 11 is 1.50. The molecular weight excluding hydrogens is 444 g/mol. The molecule has 8 heteroatoms. The quantitative estimate of drug-likeness (QED) is 0.623. The van der Waals surface area contributed by atoms with Gasteiger partial charge in [-0.3, -0.25) is 14.7 Å². The molecule has 0 spiro atoms. The molecular formula is C26H22N6OS. The van der Waals surface area contributed by atoms with Crippen LogP contribution in [0, 0.1) is 22.7 Å². The number of hydrogen-bond donors (Lipinski definition) is 1. The van der Waals surface area contributed by atoms with E-state index in [4.69, 9.17) is 10.7 Å². The van der Waals surface area contributed by atoms with Crippen molar-refractivity contribution in [1.82, 2.24) is 9.88 Å². The molecule has 168 valence electrons. The molecule has 0 bridgehead atoms. The maximum Gasteiger partial charge on any atom is 0.239 e. The summed E-state index contributed by atoms with van der Waals surface area (Å²) in [6.45, 7) is 1.93. The van der Waals surface area contributed by atoms with E-state index >= 15 is 0 Å². The van der Waals surface area contributed by atoms with Crippen molar-refractivity contribution in [3.05, 3.63) is 75.7 Å². The van der Waals surface area contributed by atoms with Crippen molar-refractivity contribution >= 4 is 23.2 Å². The minimum absolute atomic E-state index is 0.132. The molecule has 0 saturated heterocycles. The van der Waals surface area contributed by atoms with Gasteiger partial charge in [-0.15, -0.1) is 11.3 Å². The van der Waals surface area contributed by atoms with Gasteiger partial charge in [0.1, 0.15) is 11.6 Å². The van der Waals surface area contributed by atoms with Crippen LogP contribution in [0.1, 0.15) is 47.3 Å². The highest BCUT2D eigenvalue weighted by molar-refractivity contribution is 7.10. The third kappa shape index (κ3) is 3.35. The van der Waals surface area contributed by atoms with Gasteiger partial charge in [0.25, 0.3) is 0 Å². The van der Waals surface area contributed by atoms with E-state index in [0.29, 0.717) is 5.56 Å². The van der Waals surface area contributed by atoms with Crippen LogP contribution >= 0.6 is 11.3 Å². The summed E-state index contributed by atoms with van der Waals surface area (Å²) in [5, 5.41) is 20.7. The lowest BCUT2D eigenvalue weighted by atomic mass is 9.77. The number of hydrogen-bond acceptors (Lipinski definition) is 7. The monoisotopic (exact) mass is 466 g/mol. The number of aromatic nitrogens is 1. The number of likely N-dealkylation sites (N-methyl/N-ethyl adjacent to an activating group) is 1. The predicted molar refractivity (Wildman–Crippen MR) is 130 cm³/mol. The predicted octanol–water partition coefficient (Wildman–Crippen LogP) is 4.02. The number of nitriles is 2. The number of pyridine rings is 1. The Balaban J connectivity index is 1.58. The smallest absolute Gasteiger partial charge is 0.239 e. The molecule has 3 aromatic rings. The summed E-state index contributed by atoms with van der Waals surface area (Å²) < 4.78 is 0. The van der Waals surface area contributed by atoms with Gasteiger partial charge in [-0.25, -0.2) is 4.99 Å². The van der Waals surface area contributed by atoms with Gasteiger partial charge in [-0.05, 0) is 54.0 Å². The second-order valence-corrected chi connectivity index (χ2v) is 9.95. The zero-order valence-corrected chi connectivity index (χ0v) is 19.6. The summed E-state index contributed by atoms with van der Waals surface area (Å²) in [5.41, 5.74) is 8.91. The fourth-order valence-electron chi connectivity index (χ4n) is 4.59. The normalized spacial score (nSPS) is 23.1. The lowest BCUT2D eigenvalue weighted by Crippen LogP contribution is -2.52. The highest BCUT2D eigenvalue weighted by Gasteiger charge is 2.49.